The molecule has 0 saturated heterocycles. The Morgan fingerprint density at radius 3 is 2.54 bits per heavy atom. The molecule has 5 nitrogen and oxygen atoms in total. The Labute approximate surface area is 142 Å². The predicted octanol–water partition coefficient (Wildman–Crippen LogP) is 3.62. The average Bonchev–Trinajstić information content (AvgIpc) is 2.40. The number of nitrogens with zero attached hydrogens (tertiary/aromatic N) is 1. The van der Waals surface area contributed by atoms with Gasteiger partial charge in [-0.15, -0.1) is 0 Å². The first-order chi connectivity index (χ1) is 11.1. The molecule has 0 heterocycles. The molecule has 24 heavy (non-hydrogen) atoms. The van der Waals surface area contributed by atoms with Gasteiger partial charge in [0.05, 0.1) is 0 Å². The van der Waals surface area contributed by atoms with Crippen molar-refractivity contribution in [2.24, 2.45) is 5.73 Å². The summed E-state index contributed by atoms with van der Waals surface area (Å²) in [6.45, 7) is 7.32. The van der Waals surface area contributed by atoms with E-state index in [0.717, 1.165) is 0 Å². The molecule has 2 rings (SSSR count). The van der Waals surface area contributed by atoms with E-state index < -0.39 is 5.60 Å². The first-order valence-electron chi connectivity index (χ1n) is 8.24. The SMILES string of the molecule is C[C@H](N)c1cc(F)ccc1OC1CC(N(C)C(=O)OC(C)(C)C)C1. The van der Waals surface area contributed by atoms with Crippen molar-refractivity contribution in [3.63, 3.8) is 0 Å². The summed E-state index contributed by atoms with van der Waals surface area (Å²) < 4.78 is 24.7. The second-order valence-corrected chi connectivity index (χ2v) is 7.43. The van der Waals surface area contributed by atoms with E-state index in [1.807, 2.05) is 20.8 Å². The van der Waals surface area contributed by atoms with E-state index in [1.54, 1.807) is 24.9 Å². The molecule has 0 aliphatic heterocycles. The molecular formula is C18H27FN2O3. The van der Waals surface area contributed by atoms with Crippen LogP contribution in [0.1, 0.15) is 52.1 Å². The van der Waals surface area contributed by atoms with Gasteiger partial charge in [0, 0.05) is 37.5 Å². The van der Waals surface area contributed by atoms with E-state index >= 15 is 0 Å². The molecule has 1 amide bonds. The first kappa shape index (κ1) is 18.5. The van der Waals surface area contributed by atoms with E-state index in [0.29, 0.717) is 24.2 Å². The third-order valence-corrected chi connectivity index (χ3v) is 4.06. The molecular weight excluding hydrogens is 311 g/mol. The minimum atomic E-state index is -0.509. The molecule has 1 aliphatic carbocycles. The lowest BCUT2D eigenvalue weighted by Crippen LogP contribution is -2.51. The smallest absolute Gasteiger partial charge is 0.410 e. The van der Waals surface area contributed by atoms with Crippen molar-refractivity contribution in [2.75, 3.05) is 7.05 Å². The van der Waals surface area contributed by atoms with Gasteiger partial charge in [0.15, 0.2) is 0 Å². The van der Waals surface area contributed by atoms with Crippen LogP contribution in [0.4, 0.5) is 9.18 Å². The van der Waals surface area contributed by atoms with Crippen LogP contribution < -0.4 is 10.5 Å². The standard InChI is InChI=1S/C18H27FN2O3/c1-11(20)15-8-12(19)6-7-16(15)23-14-9-13(10-14)21(5)17(22)24-18(2,3)4/h6-8,11,13-14H,9-10,20H2,1-5H3/t11-,13?,14?/m0/s1. The topological polar surface area (TPSA) is 64.8 Å². The van der Waals surface area contributed by atoms with Gasteiger partial charge in [-0.3, -0.25) is 0 Å². The van der Waals surface area contributed by atoms with Crippen molar-refractivity contribution in [1.82, 2.24) is 4.90 Å². The minimum absolute atomic E-state index is 0.0113. The lowest BCUT2D eigenvalue weighted by atomic mass is 9.88. The van der Waals surface area contributed by atoms with Gasteiger partial charge in [-0.25, -0.2) is 9.18 Å². The molecule has 0 spiro atoms. The number of carbonyl (C=O) groups is 1. The van der Waals surface area contributed by atoms with Crippen molar-refractivity contribution in [1.29, 1.82) is 0 Å². The minimum Gasteiger partial charge on any atom is -0.490 e. The summed E-state index contributed by atoms with van der Waals surface area (Å²) in [6, 6.07) is 4.16. The molecule has 0 radical (unpaired) electrons. The van der Waals surface area contributed by atoms with Gasteiger partial charge >= 0.3 is 6.09 Å². The highest BCUT2D eigenvalue weighted by atomic mass is 19.1. The largest absolute Gasteiger partial charge is 0.490 e. The van der Waals surface area contributed by atoms with Crippen LogP contribution in [-0.4, -0.2) is 35.8 Å². The number of ether oxygens (including phenoxy) is 2. The van der Waals surface area contributed by atoms with Crippen molar-refractivity contribution < 1.29 is 18.7 Å². The Bertz CT molecular complexity index is 592. The number of amides is 1. The fourth-order valence-corrected chi connectivity index (χ4v) is 2.60. The van der Waals surface area contributed by atoms with E-state index in [9.17, 15) is 9.18 Å². The van der Waals surface area contributed by atoms with Crippen molar-refractivity contribution in [3.05, 3.63) is 29.6 Å². The Balaban J connectivity index is 1.90. The number of rotatable bonds is 4. The Hall–Kier alpha value is -1.82. The zero-order valence-electron chi connectivity index (χ0n) is 15.0. The third kappa shape index (κ3) is 4.60. The molecule has 134 valence electrons. The van der Waals surface area contributed by atoms with Gasteiger partial charge in [0.1, 0.15) is 23.3 Å². The summed E-state index contributed by atoms with van der Waals surface area (Å²) in [7, 11) is 1.74. The van der Waals surface area contributed by atoms with Gasteiger partial charge in [0.25, 0.3) is 0 Å². The first-order valence-corrected chi connectivity index (χ1v) is 8.24. The molecule has 2 N–H and O–H groups in total. The molecule has 1 saturated carbocycles. The van der Waals surface area contributed by atoms with Gasteiger partial charge in [0.2, 0.25) is 0 Å². The predicted molar refractivity (Wildman–Crippen MR) is 90.4 cm³/mol. The van der Waals surface area contributed by atoms with Gasteiger partial charge in [-0.2, -0.15) is 0 Å². The van der Waals surface area contributed by atoms with E-state index in [4.69, 9.17) is 15.2 Å². The number of carbonyl (C=O) groups excluding carboxylic acids is 1. The number of hydrogen-bond acceptors (Lipinski definition) is 4. The van der Waals surface area contributed by atoms with Gasteiger partial charge in [-0.05, 0) is 45.9 Å². The van der Waals surface area contributed by atoms with Gasteiger partial charge in [-0.1, -0.05) is 0 Å². The molecule has 1 aliphatic rings. The summed E-state index contributed by atoms with van der Waals surface area (Å²) in [5.74, 6) is 0.278. The molecule has 1 aromatic rings. The second-order valence-electron chi connectivity index (χ2n) is 7.43. The lowest BCUT2D eigenvalue weighted by molar-refractivity contribution is -0.00898. The summed E-state index contributed by atoms with van der Waals surface area (Å²) in [5, 5.41) is 0. The van der Waals surface area contributed by atoms with Crippen LogP contribution in [0.3, 0.4) is 0 Å². The summed E-state index contributed by atoms with van der Waals surface area (Å²) >= 11 is 0. The molecule has 0 unspecified atom stereocenters. The highest BCUT2D eigenvalue weighted by Gasteiger charge is 2.37. The number of nitrogens with two attached hydrogens (primary N) is 1. The molecule has 1 aromatic carbocycles. The molecule has 6 heteroatoms. The summed E-state index contributed by atoms with van der Waals surface area (Å²) in [5.41, 5.74) is 6.02. The Morgan fingerprint density at radius 2 is 2.00 bits per heavy atom. The van der Waals surface area contributed by atoms with Crippen molar-refractivity contribution in [2.45, 2.75) is 64.3 Å². The number of hydrogen-bond donors (Lipinski definition) is 1. The highest BCUT2D eigenvalue weighted by molar-refractivity contribution is 5.68. The Morgan fingerprint density at radius 1 is 1.38 bits per heavy atom. The number of halogens is 1. The van der Waals surface area contributed by atoms with Crippen molar-refractivity contribution in [3.8, 4) is 5.75 Å². The van der Waals surface area contributed by atoms with E-state index in [-0.39, 0.29) is 30.1 Å². The summed E-state index contributed by atoms with van der Waals surface area (Å²) in [6.07, 6.45) is 1.09. The lowest BCUT2D eigenvalue weighted by Gasteiger charge is -2.41. The third-order valence-electron chi connectivity index (χ3n) is 4.06. The molecule has 0 aromatic heterocycles. The summed E-state index contributed by atoms with van der Waals surface area (Å²) in [4.78, 5) is 13.7. The van der Waals surface area contributed by atoms with Crippen LogP contribution in [0.5, 0.6) is 5.75 Å². The Kier molecular flexibility index (Phi) is 5.38. The van der Waals surface area contributed by atoms with Gasteiger partial charge < -0.3 is 20.1 Å². The van der Waals surface area contributed by atoms with E-state index in [2.05, 4.69) is 0 Å². The maximum Gasteiger partial charge on any atom is 0.410 e. The average molecular weight is 338 g/mol. The van der Waals surface area contributed by atoms with Crippen LogP contribution in [0.15, 0.2) is 18.2 Å². The fourth-order valence-electron chi connectivity index (χ4n) is 2.60. The van der Waals surface area contributed by atoms with Crippen LogP contribution >= 0.6 is 0 Å². The zero-order chi connectivity index (χ0) is 18.1. The molecule has 0 bridgehead atoms. The number of benzene rings is 1. The fraction of sp³-hybridized carbons (Fsp3) is 0.611. The molecule has 1 fully saturated rings. The van der Waals surface area contributed by atoms with Crippen molar-refractivity contribution >= 4 is 6.09 Å². The van der Waals surface area contributed by atoms with E-state index in [1.165, 1.54) is 12.1 Å². The second kappa shape index (κ2) is 6.97. The highest BCUT2D eigenvalue weighted by Crippen LogP contribution is 2.33. The maximum absolute atomic E-state index is 13.4. The van der Waals surface area contributed by atoms with Crippen LogP contribution in [-0.2, 0) is 4.74 Å². The van der Waals surface area contributed by atoms with Crippen LogP contribution in [0.2, 0.25) is 0 Å². The normalized spacial score (nSPS) is 21.6. The maximum atomic E-state index is 13.4. The zero-order valence-corrected chi connectivity index (χ0v) is 15.0. The van der Waals surface area contributed by atoms with Crippen LogP contribution in [0, 0.1) is 5.82 Å². The monoisotopic (exact) mass is 338 g/mol. The molecule has 1 atom stereocenters. The quantitative estimate of drug-likeness (QED) is 0.910. The van der Waals surface area contributed by atoms with Crippen LogP contribution in [0.25, 0.3) is 0 Å².